The van der Waals surface area contributed by atoms with Crippen molar-refractivity contribution in [2.24, 2.45) is 5.10 Å². The minimum atomic E-state index is -0.350. The number of benzene rings is 2. The zero-order chi connectivity index (χ0) is 18.2. The third-order valence-electron chi connectivity index (χ3n) is 3.35. The van der Waals surface area contributed by atoms with Crippen molar-refractivity contribution in [3.8, 4) is 17.2 Å². The lowest BCUT2D eigenvalue weighted by molar-refractivity contribution is -0.123. The SMILES string of the molecule is COc1cc(C)c(/C=N\NC(=O)COc2ccc(Br)cc2)cc1OC. The van der Waals surface area contributed by atoms with Gasteiger partial charge in [0.15, 0.2) is 18.1 Å². The summed E-state index contributed by atoms with van der Waals surface area (Å²) in [6.45, 7) is 1.80. The summed E-state index contributed by atoms with van der Waals surface area (Å²) >= 11 is 3.34. The number of carbonyl (C=O) groups is 1. The molecule has 0 heterocycles. The molecule has 1 N–H and O–H groups in total. The number of aryl methyl sites for hydroxylation is 1. The van der Waals surface area contributed by atoms with E-state index in [1.807, 2.05) is 25.1 Å². The van der Waals surface area contributed by atoms with Crippen molar-refractivity contribution in [3.63, 3.8) is 0 Å². The molecular formula is C18H19BrN2O4. The third-order valence-corrected chi connectivity index (χ3v) is 3.88. The molecule has 0 aliphatic rings. The summed E-state index contributed by atoms with van der Waals surface area (Å²) in [4.78, 5) is 11.8. The third kappa shape index (κ3) is 5.49. The number of hydrazone groups is 1. The first-order valence-corrected chi connectivity index (χ1v) is 8.25. The van der Waals surface area contributed by atoms with Crippen LogP contribution in [0.4, 0.5) is 0 Å². The summed E-state index contributed by atoms with van der Waals surface area (Å²) in [6.07, 6.45) is 1.55. The van der Waals surface area contributed by atoms with Gasteiger partial charge in [-0.05, 0) is 48.9 Å². The average Bonchev–Trinajstić information content (AvgIpc) is 2.62. The summed E-state index contributed by atoms with van der Waals surface area (Å²) < 4.78 is 16.8. The Morgan fingerprint density at radius 2 is 1.80 bits per heavy atom. The van der Waals surface area contributed by atoms with E-state index in [9.17, 15) is 4.79 Å². The number of hydrogen-bond donors (Lipinski definition) is 1. The van der Waals surface area contributed by atoms with Gasteiger partial charge in [-0.3, -0.25) is 4.79 Å². The van der Waals surface area contributed by atoms with Crippen LogP contribution >= 0.6 is 15.9 Å². The monoisotopic (exact) mass is 406 g/mol. The maximum atomic E-state index is 11.8. The number of amides is 1. The first kappa shape index (κ1) is 18.8. The predicted molar refractivity (Wildman–Crippen MR) is 99.7 cm³/mol. The molecule has 0 aromatic heterocycles. The van der Waals surface area contributed by atoms with E-state index in [0.29, 0.717) is 17.2 Å². The fourth-order valence-electron chi connectivity index (χ4n) is 2.02. The van der Waals surface area contributed by atoms with Crippen LogP contribution in [0.2, 0.25) is 0 Å². The fraction of sp³-hybridized carbons (Fsp3) is 0.222. The van der Waals surface area contributed by atoms with Crippen molar-refractivity contribution in [1.29, 1.82) is 0 Å². The van der Waals surface area contributed by atoms with E-state index in [1.54, 1.807) is 38.6 Å². The minimum absolute atomic E-state index is 0.121. The van der Waals surface area contributed by atoms with Gasteiger partial charge in [-0.2, -0.15) is 5.10 Å². The molecule has 0 spiro atoms. The zero-order valence-corrected chi connectivity index (χ0v) is 15.8. The smallest absolute Gasteiger partial charge is 0.277 e. The van der Waals surface area contributed by atoms with Crippen molar-refractivity contribution in [1.82, 2.24) is 5.43 Å². The second kappa shape index (κ2) is 9.08. The van der Waals surface area contributed by atoms with Crippen molar-refractivity contribution in [3.05, 3.63) is 52.0 Å². The minimum Gasteiger partial charge on any atom is -0.493 e. The summed E-state index contributed by atoms with van der Waals surface area (Å²) in [5.41, 5.74) is 4.19. The van der Waals surface area contributed by atoms with Gasteiger partial charge in [-0.15, -0.1) is 0 Å². The van der Waals surface area contributed by atoms with Gasteiger partial charge >= 0.3 is 0 Å². The number of hydrogen-bond acceptors (Lipinski definition) is 5. The molecule has 25 heavy (non-hydrogen) atoms. The van der Waals surface area contributed by atoms with E-state index >= 15 is 0 Å². The van der Waals surface area contributed by atoms with Gasteiger partial charge in [0.1, 0.15) is 5.75 Å². The molecule has 0 saturated heterocycles. The highest BCUT2D eigenvalue weighted by molar-refractivity contribution is 9.10. The highest BCUT2D eigenvalue weighted by Gasteiger charge is 2.07. The molecule has 1 amide bonds. The predicted octanol–water partition coefficient (Wildman–Crippen LogP) is 3.30. The number of ether oxygens (including phenoxy) is 3. The summed E-state index contributed by atoms with van der Waals surface area (Å²) in [5, 5.41) is 3.95. The van der Waals surface area contributed by atoms with Crippen LogP contribution in [0.3, 0.4) is 0 Å². The molecule has 0 atom stereocenters. The lowest BCUT2D eigenvalue weighted by Gasteiger charge is -2.10. The molecule has 0 fully saturated rings. The van der Waals surface area contributed by atoms with Gasteiger partial charge in [-0.25, -0.2) is 5.43 Å². The normalized spacial score (nSPS) is 10.6. The Balaban J connectivity index is 1.91. The Morgan fingerprint density at radius 1 is 1.16 bits per heavy atom. The van der Waals surface area contributed by atoms with Crippen molar-refractivity contribution in [2.45, 2.75) is 6.92 Å². The Morgan fingerprint density at radius 3 is 2.44 bits per heavy atom. The molecule has 0 saturated carbocycles. The van der Waals surface area contributed by atoms with Gasteiger partial charge in [0.05, 0.1) is 20.4 Å². The van der Waals surface area contributed by atoms with Crippen molar-refractivity contribution < 1.29 is 19.0 Å². The summed E-state index contributed by atoms with van der Waals surface area (Å²) in [7, 11) is 3.14. The number of methoxy groups -OCH3 is 2. The maximum absolute atomic E-state index is 11.8. The van der Waals surface area contributed by atoms with E-state index < -0.39 is 0 Å². The topological polar surface area (TPSA) is 69.2 Å². The zero-order valence-electron chi connectivity index (χ0n) is 14.2. The lowest BCUT2D eigenvalue weighted by atomic mass is 10.1. The highest BCUT2D eigenvalue weighted by Crippen LogP contribution is 2.29. The molecule has 0 aliphatic carbocycles. The number of carbonyl (C=O) groups excluding carboxylic acids is 1. The van der Waals surface area contributed by atoms with E-state index in [0.717, 1.165) is 15.6 Å². The van der Waals surface area contributed by atoms with E-state index in [4.69, 9.17) is 14.2 Å². The van der Waals surface area contributed by atoms with Crippen LogP contribution in [0.1, 0.15) is 11.1 Å². The van der Waals surface area contributed by atoms with Gasteiger partial charge < -0.3 is 14.2 Å². The Bertz CT molecular complexity index is 760. The van der Waals surface area contributed by atoms with Gasteiger partial charge in [0.2, 0.25) is 0 Å². The number of nitrogens with zero attached hydrogens (tertiary/aromatic N) is 1. The van der Waals surface area contributed by atoms with Crippen molar-refractivity contribution >= 4 is 28.1 Å². The Kier molecular flexibility index (Phi) is 6.82. The first-order chi connectivity index (χ1) is 12.0. The van der Waals surface area contributed by atoms with E-state index in [2.05, 4.69) is 26.5 Å². The molecule has 0 unspecified atom stereocenters. The Labute approximate surface area is 154 Å². The van der Waals surface area contributed by atoms with E-state index in [-0.39, 0.29) is 12.5 Å². The molecule has 2 aromatic carbocycles. The summed E-state index contributed by atoms with van der Waals surface area (Å²) in [5.74, 6) is 1.50. The lowest BCUT2D eigenvalue weighted by Crippen LogP contribution is -2.24. The molecule has 132 valence electrons. The van der Waals surface area contributed by atoms with E-state index in [1.165, 1.54) is 0 Å². The highest BCUT2D eigenvalue weighted by atomic mass is 79.9. The number of rotatable bonds is 7. The fourth-order valence-corrected chi connectivity index (χ4v) is 2.29. The molecule has 2 rings (SSSR count). The molecule has 0 aliphatic heterocycles. The van der Waals surface area contributed by atoms with Gasteiger partial charge in [0.25, 0.3) is 5.91 Å². The second-order valence-electron chi connectivity index (χ2n) is 5.10. The summed E-state index contributed by atoms with van der Waals surface area (Å²) in [6, 6.07) is 10.9. The molecule has 7 heteroatoms. The van der Waals surface area contributed by atoms with Crippen molar-refractivity contribution in [2.75, 3.05) is 20.8 Å². The molecule has 0 bridgehead atoms. The maximum Gasteiger partial charge on any atom is 0.277 e. The number of halogens is 1. The standard InChI is InChI=1S/C18H19BrN2O4/c1-12-8-16(23-2)17(24-3)9-13(12)10-20-21-18(22)11-25-15-6-4-14(19)5-7-15/h4-10H,11H2,1-3H3,(H,21,22)/b20-10-. The quantitative estimate of drug-likeness (QED) is 0.565. The van der Waals surface area contributed by atoms with Crippen LogP contribution in [0.5, 0.6) is 17.2 Å². The largest absolute Gasteiger partial charge is 0.493 e. The van der Waals surface area contributed by atoms with Crippen LogP contribution in [0.15, 0.2) is 46.0 Å². The van der Waals surface area contributed by atoms with Crippen LogP contribution in [0.25, 0.3) is 0 Å². The van der Waals surface area contributed by atoms with Gasteiger partial charge in [-0.1, -0.05) is 15.9 Å². The van der Waals surface area contributed by atoms with Crippen LogP contribution in [-0.2, 0) is 4.79 Å². The molecule has 0 radical (unpaired) electrons. The molecular weight excluding hydrogens is 388 g/mol. The Hall–Kier alpha value is -2.54. The van der Waals surface area contributed by atoms with Crippen LogP contribution < -0.4 is 19.6 Å². The van der Waals surface area contributed by atoms with Crippen LogP contribution in [0, 0.1) is 6.92 Å². The second-order valence-corrected chi connectivity index (χ2v) is 6.02. The first-order valence-electron chi connectivity index (χ1n) is 7.46. The molecule has 6 nitrogen and oxygen atoms in total. The van der Waals surface area contributed by atoms with Gasteiger partial charge in [0, 0.05) is 10.0 Å². The molecule has 2 aromatic rings. The number of nitrogens with one attached hydrogen (secondary N) is 1. The van der Waals surface area contributed by atoms with Crippen LogP contribution in [-0.4, -0.2) is 32.9 Å². The average molecular weight is 407 g/mol.